The first-order valence-corrected chi connectivity index (χ1v) is 16.1. The Bertz CT molecular complexity index is 1400. The molecule has 1 heterocycles. The Morgan fingerprint density at radius 2 is 1.66 bits per heavy atom. The molecule has 1 aromatic heterocycles. The number of carbonyl (C=O) groups is 2. The number of amides is 1. The summed E-state index contributed by atoms with van der Waals surface area (Å²) in [5.74, 6) is -1.03. The van der Waals surface area contributed by atoms with Crippen molar-refractivity contribution in [2.24, 2.45) is 11.8 Å². The number of rotatable bonds is 9. The lowest BCUT2D eigenvalue weighted by Gasteiger charge is -2.32. The predicted molar refractivity (Wildman–Crippen MR) is 158 cm³/mol. The summed E-state index contributed by atoms with van der Waals surface area (Å²) in [7, 11) is -3.92. The number of carbonyl (C=O) groups excluding carboxylic acids is 1. The van der Waals surface area contributed by atoms with Crippen LogP contribution in [0.25, 0.3) is 11.3 Å². The van der Waals surface area contributed by atoms with Crippen molar-refractivity contribution in [3.8, 4) is 11.3 Å². The molecule has 0 saturated heterocycles. The largest absolute Gasteiger partial charge is 0.481 e. The molecule has 1 aromatic carbocycles. The van der Waals surface area contributed by atoms with Crippen molar-refractivity contribution < 1.29 is 28.2 Å². The molecule has 2 aliphatic rings. The molecule has 2 aromatic rings. The summed E-state index contributed by atoms with van der Waals surface area (Å²) in [6.45, 7) is 11.1. The molecule has 0 unspecified atom stereocenters. The van der Waals surface area contributed by atoms with Gasteiger partial charge in [-0.1, -0.05) is 25.3 Å². The van der Waals surface area contributed by atoms with Gasteiger partial charge in [-0.05, 0) is 96.9 Å². The lowest BCUT2D eigenvalue weighted by Crippen LogP contribution is -2.46. The van der Waals surface area contributed by atoms with Crippen LogP contribution in [0.3, 0.4) is 0 Å². The van der Waals surface area contributed by atoms with Crippen molar-refractivity contribution >= 4 is 21.9 Å². The number of aliphatic hydroxyl groups is 1. The third-order valence-electron chi connectivity index (χ3n) is 8.26. The fraction of sp³-hybridized carbons (Fsp3) is 0.613. The third-order valence-corrected chi connectivity index (χ3v) is 10.1. The molecule has 226 valence electrons. The first-order valence-electron chi connectivity index (χ1n) is 14.6. The molecule has 2 saturated carbocycles. The molecule has 10 heteroatoms. The van der Waals surface area contributed by atoms with Gasteiger partial charge in [0.1, 0.15) is 0 Å². The van der Waals surface area contributed by atoms with E-state index in [2.05, 4.69) is 14.6 Å². The summed E-state index contributed by atoms with van der Waals surface area (Å²) in [6.07, 6.45) is 6.65. The van der Waals surface area contributed by atoms with Crippen LogP contribution in [0, 0.1) is 18.8 Å². The number of sulfonamides is 1. The number of nitrogens with one attached hydrogen (secondary N) is 2. The van der Waals surface area contributed by atoms with Gasteiger partial charge in [-0.25, -0.2) is 13.1 Å². The van der Waals surface area contributed by atoms with Gasteiger partial charge in [-0.3, -0.25) is 9.59 Å². The molecule has 0 bridgehead atoms. The fourth-order valence-electron chi connectivity index (χ4n) is 6.04. The van der Waals surface area contributed by atoms with E-state index in [1.807, 2.05) is 13.0 Å². The molecule has 0 radical (unpaired) electrons. The molecule has 4 rings (SSSR count). The highest BCUT2D eigenvalue weighted by atomic mass is 32.2. The maximum atomic E-state index is 13.4. The van der Waals surface area contributed by atoms with Crippen LogP contribution in [0.1, 0.15) is 101 Å². The maximum Gasteiger partial charge on any atom is 0.306 e. The monoisotopic (exact) mass is 587 g/mol. The van der Waals surface area contributed by atoms with Crippen molar-refractivity contribution in [1.29, 1.82) is 0 Å². The van der Waals surface area contributed by atoms with Gasteiger partial charge >= 0.3 is 5.97 Å². The van der Waals surface area contributed by atoms with Gasteiger partial charge in [0.2, 0.25) is 10.0 Å². The number of aromatic nitrogens is 1. The summed E-state index contributed by atoms with van der Waals surface area (Å²) in [4.78, 5) is 24.6. The van der Waals surface area contributed by atoms with Crippen LogP contribution in [0.5, 0.6) is 0 Å². The highest BCUT2D eigenvalue weighted by Gasteiger charge is 2.36. The Morgan fingerprint density at radius 3 is 2.22 bits per heavy atom. The first-order chi connectivity index (χ1) is 19.0. The zero-order valence-corrected chi connectivity index (χ0v) is 25.9. The standard InChI is InChI=1S/C31H45N3O6S/c1-19-24(28(35)32-23-14-22(15-23)29(36)37)17-26(34(19)18-20-10-8-7-9-11-20)21-12-13-27(25(16-21)31(5,6)38)41(39,40)33-30(2,3)4/h12-13,16-17,20,22-23,33,38H,7-11,14-15,18H2,1-6H3,(H,32,35)(H,36,37). The van der Waals surface area contributed by atoms with E-state index in [4.69, 9.17) is 0 Å². The van der Waals surface area contributed by atoms with Gasteiger partial charge in [0.15, 0.2) is 0 Å². The zero-order valence-electron chi connectivity index (χ0n) is 25.1. The van der Waals surface area contributed by atoms with Crippen molar-refractivity contribution in [3.05, 3.63) is 41.1 Å². The van der Waals surface area contributed by atoms with Crippen LogP contribution in [0.2, 0.25) is 0 Å². The van der Waals surface area contributed by atoms with Crippen molar-refractivity contribution in [3.63, 3.8) is 0 Å². The van der Waals surface area contributed by atoms with E-state index in [-0.39, 0.29) is 22.4 Å². The van der Waals surface area contributed by atoms with Crippen LogP contribution in [0.4, 0.5) is 0 Å². The number of carboxylic acids is 1. The van der Waals surface area contributed by atoms with Gasteiger partial charge in [0, 0.05) is 35.1 Å². The molecule has 1 amide bonds. The van der Waals surface area contributed by atoms with E-state index < -0.39 is 33.1 Å². The smallest absolute Gasteiger partial charge is 0.306 e. The van der Waals surface area contributed by atoms with Crippen LogP contribution in [-0.2, 0) is 27.0 Å². The molecule has 41 heavy (non-hydrogen) atoms. The molecule has 2 aliphatic carbocycles. The van der Waals surface area contributed by atoms with Crippen LogP contribution >= 0.6 is 0 Å². The molecule has 0 spiro atoms. The van der Waals surface area contributed by atoms with E-state index in [1.54, 1.807) is 46.8 Å². The average Bonchev–Trinajstić information content (AvgIpc) is 3.15. The second-order valence-corrected chi connectivity index (χ2v) is 15.1. The first kappa shape index (κ1) is 31.3. The van der Waals surface area contributed by atoms with Crippen molar-refractivity contribution in [2.45, 2.75) is 115 Å². The predicted octanol–water partition coefficient (Wildman–Crippen LogP) is 4.94. The average molecular weight is 588 g/mol. The maximum absolute atomic E-state index is 13.4. The third kappa shape index (κ3) is 7.21. The number of hydrogen-bond acceptors (Lipinski definition) is 5. The summed E-state index contributed by atoms with van der Waals surface area (Å²) < 4.78 is 31.5. The summed E-state index contributed by atoms with van der Waals surface area (Å²) in [5, 5.41) is 23.3. The van der Waals surface area contributed by atoms with E-state index >= 15 is 0 Å². The summed E-state index contributed by atoms with van der Waals surface area (Å²) in [5.41, 5.74) is 0.957. The van der Waals surface area contributed by atoms with E-state index in [1.165, 1.54) is 25.3 Å². The minimum absolute atomic E-state index is 0.0155. The zero-order chi connectivity index (χ0) is 30.3. The lowest BCUT2D eigenvalue weighted by atomic mass is 9.80. The van der Waals surface area contributed by atoms with Crippen LogP contribution in [0.15, 0.2) is 29.2 Å². The lowest BCUT2D eigenvalue weighted by molar-refractivity contribution is -0.145. The number of carboxylic acid groups (broad SMARTS) is 1. The topological polar surface area (TPSA) is 138 Å². The Morgan fingerprint density at radius 1 is 1.02 bits per heavy atom. The van der Waals surface area contributed by atoms with Gasteiger partial charge in [-0.2, -0.15) is 0 Å². The Hall–Kier alpha value is -2.69. The summed E-state index contributed by atoms with van der Waals surface area (Å²) >= 11 is 0. The van der Waals surface area contributed by atoms with E-state index in [0.29, 0.717) is 29.9 Å². The number of hydrogen-bond donors (Lipinski definition) is 4. The molecule has 2 fully saturated rings. The highest BCUT2D eigenvalue weighted by Crippen LogP contribution is 2.36. The highest BCUT2D eigenvalue weighted by molar-refractivity contribution is 7.89. The van der Waals surface area contributed by atoms with E-state index in [9.17, 15) is 28.2 Å². The minimum atomic E-state index is -3.92. The molecule has 0 aliphatic heterocycles. The second-order valence-electron chi connectivity index (χ2n) is 13.4. The molecular formula is C31H45N3O6S. The Kier molecular flexibility index (Phi) is 8.79. The van der Waals surface area contributed by atoms with Crippen LogP contribution < -0.4 is 10.0 Å². The fourth-order valence-corrected chi connectivity index (χ4v) is 7.80. The quantitative estimate of drug-likeness (QED) is 0.328. The summed E-state index contributed by atoms with van der Waals surface area (Å²) in [6, 6.07) is 6.66. The second kappa shape index (κ2) is 11.5. The Balaban J connectivity index is 1.76. The normalized spacial score (nSPS) is 20.5. The SMILES string of the molecule is Cc1c(C(=O)NC2CC(C(=O)O)C2)cc(-c2ccc(S(=O)(=O)NC(C)(C)C)c(C(C)(C)O)c2)n1CC1CCCCC1. The van der Waals surface area contributed by atoms with Gasteiger partial charge in [-0.15, -0.1) is 0 Å². The molecule has 9 nitrogen and oxygen atoms in total. The van der Waals surface area contributed by atoms with Crippen LogP contribution in [-0.4, -0.2) is 46.7 Å². The van der Waals surface area contributed by atoms with Crippen molar-refractivity contribution in [2.75, 3.05) is 0 Å². The molecule has 4 N–H and O–H groups in total. The number of aliphatic carboxylic acids is 1. The Labute approximate surface area is 243 Å². The number of benzene rings is 1. The van der Waals surface area contributed by atoms with Gasteiger partial charge < -0.3 is 20.1 Å². The van der Waals surface area contributed by atoms with Crippen molar-refractivity contribution in [1.82, 2.24) is 14.6 Å². The number of nitrogens with zero attached hydrogens (tertiary/aromatic N) is 1. The van der Waals surface area contributed by atoms with Gasteiger partial charge in [0.05, 0.1) is 22.0 Å². The molecule has 0 atom stereocenters. The minimum Gasteiger partial charge on any atom is -0.481 e. The van der Waals surface area contributed by atoms with E-state index in [0.717, 1.165) is 30.8 Å². The molecular weight excluding hydrogens is 542 g/mol. The van der Waals surface area contributed by atoms with Gasteiger partial charge in [0.25, 0.3) is 5.91 Å².